The molecule has 0 bridgehead atoms. The summed E-state index contributed by atoms with van der Waals surface area (Å²) in [5.74, 6) is -1.00. The first-order valence-corrected chi connectivity index (χ1v) is 8.90. The van der Waals surface area contributed by atoms with Crippen molar-refractivity contribution < 1.29 is 14.3 Å². The van der Waals surface area contributed by atoms with E-state index in [1.807, 2.05) is 31.2 Å². The van der Waals surface area contributed by atoms with Crippen molar-refractivity contribution in [3.05, 3.63) is 81.8 Å². The molecular formula is C22H18N2O4. The van der Waals surface area contributed by atoms with Gasteiger partial charge in [-0.2, -0.15) is 0 Å². The van der Waals surface area contributed by atoms with Crippen LogP contribution in [0.4, 0.5) is 0 Å². The third-order valence-corrected chi connectivity index (χ3v) is 4.76. The topological polar surface area (TPSA) is 92.0 Å². The van der Waals surface area contributed by atoms with Crippen LogP contribution in [-0.2, 0) is 4.74 Å². The molecule has 0 radical (unpaired) electrons. The van der Waals surface area contributed by atoms with Crippen LogP contribution in [0.15, 0.2) is 59.4 Å². The van der Waals surface area contributed by atoms with Gasteiger partial charge in [0.05, 0.1) is 5.56 Å². The molecular weight excluding hydrogens is 356 g/mol. The fourth-order valence-electron chi connectivity index (χ4n) is 3.45. The number of para-hydroxylation sites is 2. The summed E-state index contributed by atoms with van der Waals surface area (Å²) < 4.78 is 5.43. The van der Waals surface area contributed by atoms with E-state index < -0.39 is 17.6 Å². The van der Waals surface area contributed by atoms with Crippen molar-refractivity contribution in [1.82, 2.24) is 9.97 Å². The Morgan fingerprint density at radius 1 is 0.929 bits per heavy atom. The second-order valence-electron chi connectivity index (χ2n) is 6.68. The first kappa shape index (κ1) is 17.7. The van der Waals surface area contributed by atoms with Gasteiger partial charge in [0.15, 0.2) is 6.10 Å². The number of esters is 1. The molecule has 28 heavy (non-hydrogen) atoms. The summed E-state index contributed by atoms with van der Waals surface area (Å²) >= 11 is 0. The van der Waals surface area contributed by atoms with Gasteiger partial charge in [-0.1, -0.05) is 36.4 Å². The van der Waals surface area contributed by atoms with Crippen LogP contribution in [0.5, 0.6) is 0 Å². The number of carbonyl (C=O) groups excluding carboxylic acids is 2. The fraction of sp³-hybridized carbons (Fsp3) is 0.136. The predicted octanol–water partition coefficient (Wildman–Crippen LogP) is 3.75. The number of aromatic nitrogens is 2. The Kier molecular flexibility index (Phi) is 4.31. The van der Waals surface area contributed by atoms with Crippen molar-refractivity contribution in [2.24, 2.45) is 0 Å². The zero-order chi connectivity index (χ0) is 19.8. The molecule has 6 nitrogen and oxygen atoms in total. The smallest absolute Gasteiger partial charge is 0.339 e. The van der Waals surface area contributed by atoms with Crippen molar-refractivity contribution >= 4 is 33.6 Å². The highest BCUT2D eigenvalue weighted by Gasteiger charge is 2.25. The Labute approximate surface area is 160 Å². The van der Waals surface area contributed by atoms with Gasteiger partial charge in [0.25, 0.3) is 0 Å². The lowest BCUT2D eigenvalue weighted by Crippen LogP contribution is -2.25. The molecule has 0 aliphatic heterocycles. The Hall–Kier alpha value is -3.67. The zero-order valence-electron chi connectivity index (χ0n) is 15.4. The number of aryl methyl sites for hydroxylation is 1. The van der Waals surface area contributed by atoms with Gasteiger partial charge in [-0.15, -0.1) is 0 Å². The number of ether oxygens (including phenoxy) is 1. The van der Waals surface area contributed by atoms with Crippen LogP contribution in [0.2, 0.25) is 0 Å². The molecule has 140 valence electrons. The van der Waals surface area contributed by atoms with Gasteiger partial charge < -0.3 is 14.7 Å². The van der Waals surface area contributed by atoms with Crippen LogP contribution in [0.3, 0.4) is 0 Å². The number of pyridine rings is 1. The summed E-state index contributed by atoms with van der Waals surface area (Å²) in [6, 6.07) is 15.6. The molecule has 0 aliphatic rings. The summed E-state index contributed by atoms with van der Waals surface area (Å²) in [6.07, 6.45) is -0.997. The highest BCUT2D eigenvalue weighted by atomic mass is 16.5. The number of nitrogens with one attached hydrogen (secondary N) is 2. The highest BCUT2D eigenvalue weighted by molar-refractivity contribution is 6.12. The van der Waals surface area contributed by atoms with Crippen molar-refractivity contribution in [2.75, 3.05) is 0 Å². The van der Waals surface area contributed by atoms with Gasteiger partial charge in [-0.25, -0.2) is 4.79 Å². The Bertz CT molecular complexity index is 1280. The van der Waals surface area contributed by atoms with Crippen LogP contribution in [0, 0.1) is 6.92 Å². The van der Waals surface area contributed by atoms with Crippen LogP contribution in [0.25, 0.3) is 21.8 Å². The lowest BCUT2D eigenvalue weighted by Gasteiger charge is -2.13. The Balaban J connectivity index is 1.66. The van der Waals surface area contributed by atoms with Crippen LogP contribution >= 0.6 is 0 Å². The van der Waals surface area contributed by atoms with E-state index in [0.717, 1.165) is 16.6 Å². The average Bonchev–Trinajstić information content (AvgIpc) is 3.02. The third-order valence-electron chi connectivity index (χ3n) is 4.76. The number of fused-ring (bicyclic) bond motifs is 2. The molecule has 4 aromatic rings. The van der Waals surface area contributed by atoms with Gasteiger partial charge in [-0.3, -0.25) is 9.59 Å². The van der Waals surface area contributed by atoms with Crippen LogP contribution < -0.4 is 5.56 Å². The number of carbonyl (C=O) groups is 2. The minimum atomic E-state index is -0.997. The maximum atomic E-state index is 13.0. The maximum absolute atomic E-state index is 13.0. The van der Waals surface area contributed by atoms with Crippen LogP contribution in [-0.4, -0.2) is 27.8 Å². The van der Waals surface area contributed by atoms with Gasteiger partial charge in [0.2, 0.25) is 11.3 Å². The van der Waals surface area contributed by atoms with Crippen molar-refractivity contribution in [3.8, 4) is 0 Å². The van der Waals surface area contributed by atoms with Gasteiger partial charge >= 0.3 is 5.97 Å². The zero-order valence-corrected chi connectivity index (χ0v) is 15.4. The van der Waals surface area contributed by atoms with E-state index in [4.69, 9.17) is 4.74 Å². The summed E-state index contributed by atoms with van der Waals surface area (Å²) in [6.45, 7) is 3.35. The number of benzene rings is 2. The molecule has 1 atom stereocenters. The molecule has 4 rings (SSSR count). The number of hydrogen-bond donors (Lipinski definition) is 2. The van der Waals surface area contributed by atoms with E-state index in [-0.39, 0.29) is 11.3 Å². The SMILES string of the molecule is Cc1[nH]c2ccccc2c1C(=O)C(C)OC(=O)c1cc(=O)[nH]c2ccccc12. The second kappa shape index (κ2) is 6.81. The van der Waals surface area contributed by atoms with Crippen LogP contribution in [0.1, 0.15) is 33.3 Å². The van der Waals surface area contributed by atoms with Gasteiger partial charge in [0.1, 0.15) is 0 Å². The largest absolute Gasteiger partial charge is 0.451 e. The lowest BCUT2D eigenvalue weighted by atomic mass is 10.0. The number of rotatable bonds is 4. The standard InChI is InChI=1S/C22H18N2O4/c1-12-20(15-8-4-6-10-18(15)23-12)21(26)13(2)28-22(27)16-11-19(25)24-17-9-5-3-7-14(16)17/h3-11,13,23H,1-2H3,(H,24,25). The number of aromatic amines is 2. The van der Waals surface area contributed by atoms with E-state index in [9.17, 15) is 14.4 Å². The minimum Gasteiger partial charge on any atom is -0.451 e. The molecule has 2 heterocycles. The molecule has 6 heteroatoms. The van der Waals surface area contributed by atoms with Crippen molar-refractivity contribution in [1.29, 1.82) is 0 Å². The Morgan fingerprint density at radius 3 is 2.25 bits per heavy atom. The lowest BCUT2D eigenvalue weighted by molar-refractivity contribution is 0.0321. The van der Waals surface area contributed by atoms with Crippen molar-refractivity contribution in [3.63, 3.8) is 0 Å². The molecule has 2 aromatic heterocycles. The van der Waals surface area contributed by atoms with E-state index in [1.54, 1.807) is 24.3 Å². The fourth-order valence-corrected chi connectivity index (χ4v) is 3.45. The molecule has 0 aliphatic carbocycles. The molecule has 0 amide bonds. The summed E-state index contributed by atoms with van der Waals surface area (Å²) in [4.78, 5) is 43.4. The normalized spacial score (nSPS) is 12.2. The number of hydrogen-bond acceptors (Lipinski definition) is 4. The van der Waals surface area contributed by atoms with Gasteiger partial charge in [-0.05, 0) is 26.0 Å². The number of ketones is 1. The van der Waals surface area contributed by atoms with E-state index >= 15 is 0 Å². The highest BCUT2D eigenvalue weighted by Crippen LogP contribution is 2.24. The quantitative estimate of drug-likeness (QED) is 0.420. The van der Waals surface area contributed by atoms with Gasteiger partial charge in [0, 0.05) is 39.1 Å². The van der Waals surface area contributed by atoms with E-state index in [0.29, 0.717) is 16.5 Å². The average molecular weight is 374 g/mol. The summed E-state index contributed by atoms with van der Waals surface area (Å²) in [5.41, 5.74) is 2.34. The Morgan fingerprint density at radius 2 is 1.54 bits per heavy atom. The molecule has 0 fully saturated rings. The molecule has 0 spiro atoms. The first-order chi connectivity index (χ1) is 13.5. The predicted molar refractivity (Wildman–Crippen MR) is 107 cm³/mol. The van der Waals surface area contributed by atoms with Crippen molar-refractivity contribution in [2.45, 2.75) is 20.0 Å². The first-order valence-electron chi connectivity index (χ1n) is 8.90. The maximum Gasteiger partial charge on any atom is 0.339 e. The second-order valence-corrected chi connectivity index (χ2v) is 6.68. The summed E-state index contributed by atoms with van der Waals surface area (Å²) in [5, 5.41) is 1.35. The number of Topliss-reactive ketones (excluding diaryl/α,β-unsaturated/α-hetero) is 1. The van der Waals surface area contributed by atoms with E-state index in [1.165, 1.54) is 13.0 Å². The number of H-pyrrole nitrogens is 2. The molecule has 0 saturated carbocycles. The van der Waals surface area contributed by atoms with E-state index in [2.05, 4.69) is 9.97 Å². The monoisotopic (exact) mass is 374 g/mol. The minimum absolute atomic E-state index is 0.134. The molecule has 2 N–H and O–H groups in total. The third kappa shape index (κ3) is 2.99. The molecule has 2 aromatic carbocycles. The molecule has 1 unspecified atom stereocenters. The summed E-state index contributed by atoms with van der Waals surface area (Å²) in [7, 11) is 0. The molecule has 0 saturated heterocycles.